The Hall–Kier alpha value is -1.52. The number of rotatable bonds is 8. The first-order chi connectivity index (χ1) is 9.13. The number of benzene rings is 1. The molecule has 0 saturated heterocycles. The molecule has 0 fully saturated rings. The average molecular weight is 285 g/mol. The van der Waals surface area contributed by atoms with Crippen LogP contribution in [0, 0.1) is 0 Å². The van der Waals surface area contributed by atoms with E-state index in [1.54, 1.807) is 18.2 Å². The Bertz CT molecular complexity index is 443. The summed E-state index contributed by atoms with van der Waals surface area (Å²) in [5.74, 6) is -0.402. The van der Waals surface area contributed by atoms with E-state index in [4.69, 9.17) is 26.2 Å². The summed E-state index contributed by atoms with van der Waals surface area (Å²) in [4.78, 5) is 10.5. The lowest BCUT2D eigenvalue weighted by molar-refractivity contribution is -0.131. The summed E-state index contributed by atoms with van der Waals surface area (Å²) < 4.78 is 10.8. The fourth-order valence-electron chi connectivity index (χ4n) is 1.43. The van der Waals surface area contributed by atoms with Crippen molar-refractivity contribution in [3.8, 4) is 5.75 Å². The largest absolute Gasteiger partial charge is 0.493 e. The van der Waals surface area contributed by atoms with Crippen LogP contribution in [-0.4, -0.2) is 30.9 Å². The quantitative estimate of drug-likeness (QED) is 0.588. The number of ether oxygens (including phenoxy) is 2. The molecule has 1 N–H and O–H groups in total. The molecule has 0 radical (unpaired) electrons. The van der Waals surface area contributed by atoms with Crippen LogP contribution in [0.1, 0.15) is 18.9 Å². The number of aliphatic carboxylic acids is 1. The molecule has 0 bridgehead atoms. The maximum Gasteiger partial charge on any atom is 0.328 e. The van der Waals surface area contributed by atoms with Gasteiger partial charge < -0.3 is 14.6 Å². The molecule has 1 rings (SSSR count). The van der Waals surface area contributed by atoms with Crippen LogP contribution in [0.25, 0.3) is 6.08 Å². The van der Waals surface area contributed by atoms with Crippen molar-refractivity contribution < 1.29 is 19.4 Å². The van der Waals surface area contributed by atoms with Gasteiger partial charge in [-0.3, -0.25) is 0 Å². The van der Waals surface area contributed by atoms with Crippen molar-refractivity contribution in [1.82, 2.24) is 0 Å². The van der Waals surface area contributed by atoms with Crippen LogP contribution in [-0.2, 0) is 9.53 Å². The second kappa shape index (κ2) is 8.56. The number of hydrogen-bond acceptors (Lipinski definition) is 3. The molecule has 1 aromatic carbocycles. The SMILES string of the molecule is CCOCCCOc1ccc(Cl)cc1C=CC(=O)O. The summed E-state index contributed by atoms with van der Waals surface area (Å²) >= 11 is 5.88. The van der Waals surface area contributed by atoms with E-state index in [2.05, 4.69) is 0 Å². The highest BCUT2D eigenvalue weighted by Crippen LogP contribution is 2.24. The average Bonchev–Trinajstić information content (AvgIpc) is 2.38. The summed E-state index contributed by atoms with van der Waals surface area (Å²) in [6, 6.07) is 5.10. The van der Waals surface area contributed by atoms with E-state index >= 15 is 0 Å². The van der Waals surface area contributed by atoms with Crippen molar-refractivity contribution in [3.05, 3.63) is 34.9 Å². The minimum atomic E-state index is -1.01. The number of carbonyl (C=O) groups is 1. The number of hydrogen-bond donors (Lipinski definition) is 1. The summed E-state index contributed by atoms with van der Waals surface area (Å²) in [5.41, 5.74) is 0.645. The molecule has 4 nitrogen and oxygen atoms in total. The molecule has 0 heterocycles. The van der Waals surface area contributed by atoms with E-state index in [1.807, 2.05) is 6.92 Å². The topological polar surface area (TPSA) is 55.8 Å². The Morgan fingerprint density at radius 2 is 2.21 bits per heavy atom. The van der Waals surface area contributed by atoms with Gasteiger partial charge in [0, 0.05) is 36.3 Å². The zero-order valence-electron chi connectivity index (χ0n) is 10.8. The van der Waals surface area contributed by atoms with Gasteiger partial charge in [0.15, 0.2) is 0 Å². The standard InChI is InChI=1S/C14H17ClO4/c1-2-18-8-3-9-19-13-6-5-12(15)10-11(13)4-7-14(16)17/h4-7,10H,2-3,8-9H2,1H3,(H,16,17). The van der Waals surface area contributed by atoms with Crippen LogP contribution in [0.2, 0.25) is 5.02 Å². The Labute approximate surface area is 117 Å². The highest BCUT2D eigenvalue weighted by molar-refractivity contribution is 6.30. The van der Waals surface area contributed by atoms with Gasteiger partial charge in [-0.25, -0.2) is 4.79 Å². The van der Waals surface area contributed by atoms with Gasteiger partial charge in [0.1, 0.15) is 5.75 Å². The molecule has 0 aromatic heterocycles. The summed E-state index contributed by atoms with van der Waals surface area (Å²) in [6.45, 7) is 3.78. The molecule has 1 aromatic rings. The molecule has 0 spiro atoms. The minimum Gasteiger partial charge on any atom is -0.493 e. The lowest BCUT2D eigenvalue weighted by Gasteiger charge is -2.09. The van der Waals surface area contributed by atoms with Crippen LogP contribution in [0.3, 0.4) is 0 Å². The van der Waals surface area contributed by atoms with Crippen LogP contribution in [0.4, 0.5) is 0 Å². The van der Waals surface area contributed by atoms with Crippen molar-refractivity contribution in [2.45, 2.75) is 13.3 Å². The highest BCUT2D eigenvalue weighted by atomic mass is 35.5. The predicted molar refractivity (Wildman–Crippen MR) is 74.7 cm³/mol. The van der Waals surface area contributed by atoms with E-state index in [0.29, 0.717) is 36.2 Å². The molecule has 0 aliphatic rings. The van der Waals surface area contributed by atoms with Gasteiger partial charge in [-0.1, -0.05) is 11.6 Å². The van der Waals surface area contributed by atoms with Crippen molar-refractivity contribution in [1.29, 1.82) is 0 Å². The first kappa shape index (κ1) is 15.5. The van der Waals surface area contributed by atoms with Gasteiger partial charge in [-0.2, -0.15) is 0 Å². The van der Waals surface area contributed by atoms with Gasteiger partial charge in [0.2, 0.25) is 0 Å². The van der Waals surface area contributed by atoms with Gasteiger partial charge in [-0.15, -0.1) is 0 Å². The summed E-state index contributed by atoms with van der Waals surface area (Å²) in [7, 11) is 0. The third-order valence-corrected chi connectivity index (χ3v) is 2.51. The molecule has 0 aliphatic carbocycles. The van der Waals surface area contributed by atoms with Crippen LogP contribution in [0.5, 0.6) is 5.75 Å². The van der Waals surface area contributed by atoms with Gasteiger partial charge in [0.05, 0.1) is 6.61 Å². The van der Waals surface area contributed by atoms with E-state index < -0.39 is 5.97 Å². The fourth-order valence-corrected chi connectivity index (χ4v) is 1.61. The molecule has 104 valence electrons. The summed E-state index contributed by atoms with van der Waals surface area (Å²) in [5, 5.41) is 9.17. The van der Waals surface area contributed by atoms with Crippen LogP contribution in [0.15, 0.2) is 24.3 Å². The second-order valence-corrected chi connectivity index (χ2v) is 4.19. The van der Waals surface area contributed by atoms with Crippen molar-refractivity contribution >= 4 is 23.6 Å². The molecule has 0 atom stereocenters. The van der Waals surface area contributed by atoms with Gasteiger partial charge in [0.25, 0.3) is 0 Å². The minimum absolute atomic E-state index is 0.509. The number of carboxylic acids is 1. The Morgan fingerprint density at radius 1 is 1.42 bits per heavy atom. The van der Waals surface area contributed by atoms with Gasteiger partial charge in [-0.05, 0) is 31.2 Å². The van der Waals surface area contributed by atoms with Crippen molar-refractivity contribution in [3.63, 3.8) is 0 Å². The lowest BCUT2D eigenvalue weighted by atomic mass is 10.2. The van der Waals surface area contributed by atoms with Crippen LogP contribution >= 0.6 is 11.6 Å². The van der Waals surface area contributed by atoms with Crippen molar-refractivity contribution in [2.24, 2.45) is 0 Å². The van der Waals surface area contributed by atoms with Gasteiger partial charge >= 0.3 is 5.97 Å². The molecule has 0 saturated carbocycles. The highest BCUT2D eigenvalue weighted by Gasteiger charge is 2.03. The molecule has 5 heteroatoms. The zero-order valence-corrected chi connectivity index (χ0v) is 11.5. The lowest BCUT2D eigenvalue weighted by Crippen LogP contribution is -2.03. The van der Waals surface area contributed by atoms with E-state index in [1.165, 1.54) is 6.08 Å². The van der Waals surface area contributed by atoms with Crippen LogP contribution < -0.4 is 4.74 Å². The molecule has 0 unspecified atom stereocenters. The predicted octanol–water partition coefficient (Wildman–Crippen LogP) is 3.24. The molecular weight excluding hydrogens is 268 g/mol. The molecule has 0 amide bonds. The number of halogens is 1. The first-order valence-electron chi connectivity index (χ1n) is 6.04. The van der Waals surface area contributed by atoms with E-state index in [0.717, 1.165) is 12.5 Å². The normalized spacial score (nSPS) is 10.8. The van der Waals surface area contributed by atoms with E-state index in [-0.39, 0.29) is 0 Å². The zero-order chi connectivity index (χ0) is 14.1. The third kappa shape index (κ3) is 6.27. The number of carboxylic acid groups (broad SMARTS) is 1. The van der Waals surface area contributed by atoms with E-state index in [9.17, 15) is 4.79 Å². The molecule has 19 heavy (non-hydrogen) atoms. The Balaban J connectivity index is 2.63. The Kier molecular flexibility index (Phi) is 7.00. The summed E-state index contributed by atoms with van der Waals surface area (Å²) in [6.07, 6.45) is 3.29. The fraction of sp³-hybridized carbons (Fsp3) is 0.357. The molecule has 0 aliphatic heterocycles. The van der Waals surface area contributed by atoms with Crippen molar-refractivity contribution in [2.75, 3.05) is 19.8 Å². The monoisotopic (exact) mass is 284 g/mol. The third-order valence-electron chi connectivity index (χ3n) is 2.27. The maximum atomic E-state index is 10.5. The Morgan fingerprint density at radius 3 is 2.89 bits per heavy atom. The maximum absolute atomic E-state index is 10.5. The second-order valence-electron chi connectivity index (χ2n) is 3.75. The smallest absolute Gasteiger partial charge is 0.328 e. The first-order valence-corrected chi connectivity index (χ1v) is 6.42. The molecular formula is C14H17ClO4.